The average molecular weight is 1030 g/mol. The van der Waals surface area contributed by atoms with Crippen molar-refractivity contribution in [2.24, 2.45) is 0 Å². The number of unbranched alkanes of at least 4 members (excludes halogenated alkanes) is 44. The van der Waals surface area contributed by atoms with E-state index in [4.69, 9.17) is 4.74 Å². The van der Waals surface area contributed by atoms with Crippen LogP contribution in [-0.2, 0) is 14.3 Å². The number of hydrogen-bond donors (Lipinski definition) is 3. The zero-order chi connectivity index (χ0) is 52.9. The van der Waals surface area contributed by atoms with E-state index in [9.17, 15) is 19.8 Å². The Hall–Kier alpha value is -1.92. The predicted octanol–water partition coefficient (Wildman–Crippen LogP) is 20.8. The highest BCUT2D eigenvalue weighted by Crippen LogP contribution is 2.18. The van der Waals surface area contributed by atoms with Gasteiger partial charge < -0.3 is 20.3 Å². The molecular weight excluding hydrogens is 899 g/mol. The van der Waals surface area contributed by atoms with Crippen molar-refractivity contribution >= 4 is 11.9 Å². The molecule has 0 aromatic rings. The molecule has 2 atom stereocenters. The lowest BCUT2D eigenvalue weighted by molar-refractivity contribution is -0.143. The molecule has 0 aliphatic carbocycles. The molecule has 6 heteroatoms. The minimum atomic E-state index is -0.667. The zero-order valence-corrected chi connectivity index (χ0v) is 49.1. The van der Waals surface area contributed by atoms with E-state index in [-0.39, 0.29) is 18.5 Å². The van der Waals surface area contributed by atoms with Gasteiger partial charge in [0.15, 0.2) is 0 Å². The van der Waals surface area contributed by atoms with E-state index in [0.717, 1.165) is 51.4 Å². The van der Waals surface area contributed by atoms with Gasteiger partial charge >= 0.3 is 5.97 Å². The summed E-state index contributed by atoms with van der Waals surface area (Å²) in [6.07, 6.45) is 78.8. The van der Waals surface area contributed by atoms with Crippen LogP contribution in [0, 0.1) is 0 Å². The fraction of sp³-hybridized carbons (Fsp3) is 0.881. The van der Waals surface area contributed by atoms with Crippen molar-refractivity contribution in [3.05, 3.63) is 36.5 Å². The van der Waals surface area contributed by atoms with E-state index in [1.54, 1.807) is 0 Å². The predicted molar refractivity (Wildman–Crippen MR) is 319 cm³/mol. The molecule has 0 bridgehead atoms. The Bertz CT molecular complexity index is 1180. The third kappa shape index (κ3) is 59.2. The van der Waals surface area contributed by atoms with E-state index in [1.165, 1.54) is 270 Å². The van der Waals surface area contributed by atoms with Crippen molar-refractivity contribution in [3.8, 4) is 0 Å². The molecule has 0 radical (unpaired) electrons. The van der Waals surface area contributed by atoms with Crippen LogP contribution in [0.3, 0.4) is 0 Å². The summed E-state index contributed by atoms with van der Waals surface area (Å²) in [4.78, 5) is 24.6. The van der Waals surface area contributed by atoms with E-state index in [2.05, 4.69) is 55.6 Å². The van der Waals surface area contributed by atoms with Crippen molar-refractivity contribution in [3.63, 3.8) is 0 Å². The molecule has 0 aliphatic heterocycles. The fourth-order valence-corrected chi connectivity index (χ4v) is 10.1. The number of aliphatic hydroxyl groups is 2. The summed E-state index contributed by atoms with van der Waals surface area (Å²) >= 11 is 0. The summed E-state index contributed by atoms with van der Waals surface area (Å²) in [5.41, 5.74) is 0. The number of carbonyl (C=O) groups is 2. The Morgan fingerprint density at radius 3 is 1.07 bits per heavy atom. The first-order valence-corrected chi connectivity index (χ1v) is 32.7. The molecule has 0 saturated carbocycles. The van der Waals surface area contributed by atoms with E-state index in [0.29, 0.717) is 25.9 Å². The van der Waals surface area contributed by atoms with Gasteiger partial charge in [-0.2, -0.15) is 0 Å². The van der Waals surface area contributed by atoms with Gasteiger partial charge in [0.1, 0.15) is 0 Å². The van der Waals surface area contributed by atoms with Gasteiger partial charge in [-0.05, 0) is 83.5 Å². The lowest BCUT2D eigenvalue weighted by atomic mass is 10.0. The standard InChI is InChI=1S/C67H127NO5/c1-3-5-7-9-11-13-15-17-19-20-30-33-37-41-45-49-53-57-61-67(72)73-62-58-54-50-46-42-38-34-31-28-26-24-22-21-23-25-27-29-32-36-40-44-48-52-56-60-66(71)68-64(63-69)65(70)59-55-51-47-43-39-35-18-16-14-12-10-8-6-4-2/h13,15,19-20,23,25,64-65,69-70H,3-12,14,16-18,21-22,24,26-63H2,1-2H3,(H,68,71)/b15-13-,20-19-,25-23-. The number of ether oxygens (including phenoxy) is 1. The first-order valence-electron chi connectivity index (χ1n) is 32.7. The van der Waals surface area contributed by atoms with Crippen molar-refractivity contribution in [1.82, 2.24) is 5.32 Å². The van der Waals surface area contributed by atoms with E-state index in [1.807, 2.05) is 0 Å². The lowest BCUT2D eigenvalue weighted by Crippen LogP contribution is -2.45. The van der Waals surface area contributed by atoms with Crippen LogP contribution >= 0.6 is 0 Å². The highest BCUT2D eigenvalue weighted by atomic mass is 16.5. The van der Waals surface area contributed by atoms with Crippen molar-refractivity contribution in [1.29, 1.82) is 0 Å². The molecule has 0 saturated heterocycles. The summed E-state index contributed by atoms with van der Waals surface area (Å²) in [7, 11) is 0. The first kappa shape index (κ1) is 71.1. The first-order chi connectivity index (χ1) is 36.0. The fourth-order valence-electron chi connectivity index (χ4n) is 10.1. The second-order valence-electron chi connectivity index (χ2n) is 22.4. The van der Waals surface area contributed by atoms with Crippen molar-refractivity contribution < 1.29 is 24.5 Å². The largest absolute Gasteiger partial charge is 0.466 e. The van der Waals surface area contributed by atoms with Gasteiger partial charge in [0, 0.05) is 12.8 Å². The van der Waals surface area contributed by atoms with Gasteiger partial charge in [0.2, 0.25) is 5.91 Å². The number of aliphatic hydroxyl groups excluding tert-OH is 2. The SMILES string of the molecule is CCCCCC/C=C\C/C=C\CCCCCCCCCC(=O)OCCCCCCCCCCCCCC/C=C\CCCCCCCCCCC(=O)NC(CO)C(O)CCCCCCCCCCCCCCCC. The van der Waals surface area contributed by atoms with Crippen molar-refractivity contribution in [2.45, 2.75) is 366 Å². The molecule has 73 heavy (non-hydrogen) atoms. The van der Waals surface area contributed by atoms with E-state index < -0.39 is 12.1 Å². The minimum absolute atomic E-state index is 0.00543. The van der Waals surface area contributed by atoms with Crippen LogP contribution in [0.15, 0.2) is 36.5 Å². The van der Waals surface area contributed by atoms with Crippen LogP contribution in [0.4, 0.5) is 0 Å². The number of esters is 1. The molecule has 0 aromatic carbocycles. The monoisotopic (exact) mass is 1030 g/mol. The Morgan fingerprint density at radius 1 is 0.384 bits per heavy atom. The highest BCUT2D eigenvalue weighted by molar-refractivity contribution is 5.76. The number of hydrogen-bond acceptors (Lipinski definition) is 5. The summed E-state index contributed by atoms with van der Waals surface area (Å²) in [5.74, 6) is -0.0328. The second kappa shape index (κ2) is 62.6. The summed E-state index contributed by atoms with van der Waals surface area (Å²) < 4.78 is 5.49. The number of carbonyl (C=O) groups excluding carboxylic acids is 2. The van der Waals surface area contributed by atoms with Crippen LogP contribution in [0.5, 0.6) is 0 Å². The van der Waals surface area contributed by atoms with Gasteiger partial charge in [0.25, 0.3) is 0 Å². The maximum Gasteiger partial charge on any atom is 0.305 e. The third-order valence-corrected chi connectivity index (χ3v) is 15.2. The van der Waals surface area contributed by atoms with Crippen LogP contribution in [0.25, 0.3) is 0 Å². The lowest BCUT2D eigenvalue weighted by Gasteiger charge is -2.22. The van der Waals surface area contributed by atoms with Crippen molar-refractivity contribution in [2.75, 3.05) is 13.2 Å². The normalized spacial score (nSPS) is 12.8. The molecule has 2 unspecified atom stereocenters. The number of nitrogens with one attached hydrogen (secondary N) is 1. The Balaban J connectivity index is 3.39. The zero-order valence-electron chi connectivity index (χ0n) is 49.1. The Labute approximate surface area is 455 Å². The maximum absolute atomic E-state index is 12.5. The van der Waals surface area contributed by atoms with Gasteiger partial charge in [-0.3, -0.25) is 9.59 Å². The topological polar surface area (TPSA) is 95.9 Å². The van der Waals surface area contributed by atoms with Gasteiger partial charge in [0.05, 0.1) is 25.4 Å². The summed E-state index contributed by atoms with van der Waals surface area (Å²) in [6.45, 7) is 4.95. The maximum atomic E-state index is 12.5. The molecule has 430 valence electrons. The number of allylic oxidation sites excluding steroid dienone is 6. The van der Waals surface area contributed by atoms with E-state index >= 15 is 0 Å². The quantitative estimate of drug-likeness (QED) is 0.0320. The highest BCUT2D eigenvalue weighted by Gasteiger charge is 2.20. The molecule has 0 heterocycles. The number of amides is 1. The molecule has 6 nitrogen and oxygen atoms in total. The third-order valence-electron chi connectivity index (χ3n) is 15.2. The minimum Gasteiger partial charge on any atom is -0.466 e. The molecule has 0 aliphatic rings. The van der Waals surface area contributed by atoms with Gasteiger partial charge in [-0.1, -0.05) is 294 Å². The van der Waals surface area contributed by atoms with Crippen LogP contribution in [-0.4, -0.2) is 47.4 Å². The molecule has 0 spiro atoms. The molecule has 0 fully saturated rings. The van der Waals surface area contributed by atoms with Crippen LogP contribution in [0.2, 0.25) is 0 Å². The second-order valence-corrected chi connectivity index (χ2v) is 22.4. The molecule has 0 aromatic heterocycles. The molecule has 3 N–H and O–H groups in total. The smallest absolute Gasteiger partial charge is 0.305 e. The summed E-state index contributed by atoms with van der Waals surface area (Å²) in [5, 5.41) is 23.3. The Morgan fingerprint density at radius 2 is 0.685 bits per heavy atom. The molecule has 0 rings (SSSR count). The van der Waals surface area contributed by atoms with Crippen LogP contribution < -0.4 is 5.32 Å². The van der Waals surface area contributed by atoms with Gasteiger partial charge in [-0.25, -0.2) is 0 Å². The molecule has 1 amide bonds. The molecular formula is C67H127NO5. The summed E-state index contributed by atoms with van der Waals surface area (Å²) in [6, 6.07) is -0.545. The van der Waals surface area contributed by atoms with Gasteiger partial charge in [-0.15, -0.1) is 0 Å². The van der Waals surface area contributed by atoms with Crippen LogP contribution in [0.1, 0.15) is 354 Å². The number of rotatable bonds is 61. The Kier molecular flexibility index (Phi) is 61.0. The average Bonchev–Trinajstić information content (AvgIpc) is 3.39.